The molecule has 62 valence electrons. The topological polar surface area (TPSA) is 0 Å². The highest BCUT2D eigenvalue weighted by molar-refractivity contribution is 14.1. The first-order valence-corrected chi connectivity index (χ1v) is 5.89. The monoisotopic (exact) mass is 254 g/mol. The lowest BCUT2D eigenvalue weighted by Crippen LogP contribution is -1.94. The molecule has 0 aromatic rings. The molecule has 0 unspecified atom stereocenters. The summed E-state index contributed by atoms with van der Waals surface area (Å²) in [6.45, 7) is 4.65. The molecule has 0 saturated carbocycles. The highest BCUT2D eigenvalue weighted by atomic mass is 127. The van der Waals surface area contributed by atoms with E-state index >= 15 is 0 Å². The fourth-order valence-electron chi connectivity index (χ4n) is 1.12. The Bertz CT molecular complexity index is 53.7. The zero-order valence-electron chi connectivity index (χ0n) is 7.20. The van der Waals surface area contributed by atoms with Crippen LogP contribution in [0.1, 0.15) is 46.0 Å². The summed E-state index contributed by atoms with van der Waals surface area (Å²) in [5.74, 6) is 0.967. The first kappa shape index (κ1) is 10.7. The van der Waals surface area contributed by atoms with Crippen LogP contribution in [0.3, 0.4) is 0 Å². The van der Waals surface area contributed by atoms with Crippen molar-refractivity contribution in [3.8, 4) is 0 Å². The molecule has 0 fully saturated rings. The summed E-state index contributed by atoms with van der Waals surface area (Å²) in [5.41, 5.74) is 0. The molecular weight excluding hydrogens is 235 g/mol. The van der Waals surface area contributed by atoms with Crippen molar-refractivity contribution < 1.29 is 0 Å². The Morgan fingerprint density at radius 3 is 2.30 bits per heavy atom. The van der Waals surface area contributed by atoms with Gasteiger partial charge in [0.15, 0.2) is 0 Å². The molecular formula is C9H19I. The van der Waals surface area contributed by atoms with Crippen LogP contribution in [-0.4, -0.2) is 4.43 Å². The van der Waals surface area contributed by atoms with Gasteiger partial charge in [-0.2, -0.15) is 0 Å². The minimum absolute atomic E-state index is 0.967. The molecule has 0 rings (SSSR count). The van der Waals surface area contributed by atoms with Gasteiger partial charge in [-0.3, -0.25) is 0 Å². The van der Waals surface area contributed by atoms with Crippen molar-refractivity contribution in [1.29, 1.82) is 0 Å². The Balaban J connectivity index is 3.00. The summed E-state index contributed by atoms with van der Waals surface area (Å²) in [5, 5.41) is 0. The lowest BCUT2D eigenvalue weighted by Gasteiger charge is -2.08. The predicted octanol–water partition coefficient (Wildman–Crippen LogP) is 4.03. The number of alkyl halides is 1. The number of hydrogen-bond acceptors (Lipinski definition) is 0. The smallest absolute Gasteiger partial charge is 0.000463 e. The first-order chi connectivity index (χ1) is 4.81. The molecule has 0 bridgehead atoms. The summed E-state index contributed by atoms with van der Waals surface area (Å²) in [6, 6.07) is 0. The van der Waals surface area contributed by atoms with Crippen LogP contribution in [0.25, 0.3) is 0 Å². The number of hydrogen-bond donors (Lipinski definition) is 0. The quantitative estimate of drug-likeness (QED) is 0.496. The Morgan fingerprint density at radius 2 is 1.80 bits per heavy atom. The van der Waals surface area contributed by atoms with E-state index in [1.807, 2.05) is 0 Å². The lowest BCUT2D eigenvalue weighted by molar-refractivity contribution is 0.469. The fourth-order valence-corrected chi connectivity index (χ4v) is 1.56. The largest absolute Gasteiger partial charge is 0.0864 e. The molecule has 0 N–H and O–H groups in total. The highest BCUT2D eigenvalue weighted by Gasteiger charge is 1.99. The predicted molar refractivity (Wildman–Crippen MR) is 56.8 cm³/mol. The van der Waals surface area contributed by atoms with Gasteiger partial charge in [-0.05, 0) is 23.2 Å². The molecule has 0 aliphatic rings. The molecule has 10 heavy (non-hydrogen) atoms. The van der Waals surface area contributed by atoms with Crippen molar-refractivity contribution in [1.82, 2.24) is 0 Å². The molecule has 0 aliphatic carbocycles. The molecule has 0 amide bonds. The van der Waals surface area contributed by atoms with Crippen molar-refractivity contribution in [2.24, 2.45) is 5.92 Å². The third-order valence-electron chi connectivity index (χ3n) is 1.88. The number of unbranched alkanes of at least 4 members (excludes halogenated alkanes) is 1. The van der Waals surface area contributed by atoms with Gasteiger partial charge in [0.05, 0.1) is 0 Å². The molecule has 1 atom stereocenters. The maximum atomic E-state index is 2.46. The minimum Gasteiger partial charge on any atom is -0.0864 e. The van der Waals surface area contributed by atoms with E-state index in [9.17, 15) is 0 Å². The van der Waals surface area contributed by atoms with Crippen LogP contribution in [0.4, 0.5) is 0 Å². The highest BCUT2D eigenvalue weighted by Crippen LogP contribution is 2.14. The van der Waals surface area contributed by atoms with Crippen molar-refractivity contribution >= 4 is 22.6 Å². The average Bonchev–Trinajstić information content (AvgIpc) is 1.97. The molecule has 0 aromatic heterocycles. The Morgan fingerprint density at radius 1 is 1.20 bits per heavy atom. The summed E-state index contributed by atoms with van der Waals surface area (Å²) in [7, 11) is 0. The zero-order chi connectivity index (χ0) is 7.82. The summed E-state index contributed by atoms with van der Waals surface area (Å²) < 4.78 is 1.33. The summed E-state index contributed by atoms with van der Waals surface area (Å²) in [4.78, 5) is 0. The molecule has 0 heterocycles. The normalized spacial score (nSPS) is 13.5. The van der Waals surface area contributed by atoms with E-state index < -0.39 is 0 Å². The first-order valence-electron chi connectivity index (χ1n) is 4.37. The van der Waals surface area contributed by atoms with Crippen molar-refractivity contribution in [2.45, 2.75) is 46.0 Å². The SMILES string of the molecule is CCCC[C@@H](C)CCCI. The second-order valence-electron chi connectivity index (χ2n) is 3.08. The number of rotatable bonds is 6. The van der Waals surface area contributed by atoms with E-state index in [-0.39, 0.29) is 0 Å². The van der Waals surface area contributed by atoms with Gasteiger partial charge in [0.1, 0.15) is 0 Å². The van der Waals surface area contributed by atoms with Crippen molar-refractivity contribution in [3.63, 3.8) is 0 Å². The van der Waals surface area contributed by atoms with Crippen LogP contribution in [0, 0.1) is 5.92 Å². The van der Waals surface area contributed by atoms with Crippen LogP contribution < -0.4 is 0 Å². The Hall–Kier alpha value is 0.730. The van der Waals surface area contributed by atoms with Gasteiger partial charge in [0.2, 0.25) is 0 Å². The Labute approximate surface area is 78.9 Å². The number of halogens is 1. The van der Waals surface area contributed by atoms with Crippen LogP contribution in [0.5, 0.6) is 0 Å². The van der Waals surface area contributed by atoms with Gasteiger partial charge in [0.25, 0.3) is 0 Å². The third-order valence-corrected chi connectivity index (χ3v) is 2.64. The van der Waals surface area contributed by atoms with Crippen molar-refractivity contribution in [3.05, 3.63) is 0 Å². The average molecular weight is 254 g/mol. The molecule has 0 aliphatic heterocycles. The van der Waals surface area contributed by atoms with Crippen LogP contribution in [0.2, 0.25) is 0 Å². The minimum atomic E-state index is 0.967. The lowest BCUT2D eigenvalue weighted by atomic mass is 10.00. The van der Waals surface area contributed by atoms with E-state index in [1.165, 1.54) is 36.5 Å². The zero-order valence-corrected chi connectivity index (χ0v) is 9.36. The van der Waals surface area contributed by atoms with E-state index in [4.69, 9.17) is 0 Å². The van der Waals surface area contributed by atoms with Crippen LogP contribution >= 0.6 is 22.6 Å². The summed E-state index contributed by atoms with van der Waals surface area (Å²) >= 11 is 2.46. The maximum Gasteiger partial charge on any atom is -0.000463 e. The van der Waals surface area contributed by atoms with Gasteiger partial charge in [-0.1, -0.05) is 55.7 Å². The van der Waals surface area contributed by atoms with E-state index in [2.05, 4.69) is 36.4 Å². The fraction of sp³-hybridized carbons (Fsp3) is 1.00. The van der Waals surface area contributed by atoms with Crippen molar-refractivity contribution in [2.75, 3.05) is 4.43 Å². The second-order valence-corrected chi connectivity index (χ2v) is 4.16. The van der Waals surface area contributed by atoms with E-state index in [0.717, 1.165) is 5.92 Å². The Kier molecular flexibility index (Phi) is 8.40. The van der Waals surface area contributed by atoms with Gasteiger partial charge in [-0.15, -0.1) is 0 Å². The molecule has 1 heteroatoms. The van der Waals surface area contributed by atoms with E-state index in [1.54, 1.807) is 0 Å². The molecule has 0 radical (unpaired) electrons. The second kappa shape index (κ2) is 7.83. The van der Waals surface area contributed by atoms with Gasteiger partial charge in [-0.25, -0.2) is 0 Å². The van der Waals surface area contributed by atoms with Crippen LogP contribution in [-0.2, 0) is 0 Å². The van der Waals surface area contributed by atoms with Gasteiger partial charge >= 0.3 is 0 Å². The van der Waals surface area contributed by atoms with Gasteiger partial charge in [0, 0.05) is 0 Å². The maximum absolute atomic E-state index is 2.46. The third kappa shape index (κ3) is 6.84. The molecule has 0 spiro atoms. The summed E-state index contributed by atoms with van der Waals surface area (Å²) in [6.07, 6.45) is 7.05. The van der Waals surface area contributed by atoms with Gasteiger partial charge < -0.3 is 0 Å². The van der Waals surface area contributed by atoms with E-state index in [0.29, 0.717) is 0 Å². The molecule has 0 saturated heterocycles. The molecule has 0 nitrogen and oxygen atoms in total. The van der Waals surface area contributed by atoms with Crippen LogP contribution in [0.15, 0.2) is 0 Å². The standard InChI is InChI=1S/C9H19I/c1-3-4-6-9(2)7-5-8-10/h9H,3-8H2,1-2H3/t9-/m1/s1. The molecule has 0 aromatic carbocycles.